The quantitative estimate of drug-likeness (QED) is 0.706. The molecule has 1 aromatic rings. The van der Waals surface area contributed by atoms with Gasteiger partial charge in [0, 0.05) is 0 Å². The normalized spacial score (nSPS) is 12.5. The molecule has 0 radical (unpaired) electrons. The third-order valence-corrected chi connectivity index (χ3v) is 2.12. The third-order valence-electron chi connectivity index (χ3n) is 2.12. The van der Waals surface area contributed by atoms with Gasteiger partial charge in [0.15, 0.2) is 6.10 Å². The van der Waals surface area contributed by atoms with Gasteiger partial charge in [0.25, 0.3) is 5.91 Å². The monoisotopic (exact) mass is 179 g/mol. The Kier molecular flexibility index (Phi) is 2.68. The van der Waals surface area contributed by atoms with Crippen LogP contribution in [0.25, 0.3) is 0 Å². The summed E-state index contributed by atoms with van der Waals surface area (Å²) in [6.45, 7) is 3.89. The molecule has 0 heterocycles. The Morgan fingerprint density at radius 1 is 1.38 bits per heavy atom. The van der Waals surface area contributed by atoms with Crippen molar-refractivity contribution in [3.8, 4) is 0 Å². The van der Waals surface area contributed by atoms with Crippen LogP contribution in [0, 0.1) is 13.8 Å². The summed E-state index contributed by atoms with van der Waals surface area (Å²) < 4.78 is 0. The van der Waals surface area contributed by atoms with Gasteiger partial charge < -0.3 is 10.8 Å². The maximum absolute atomic E-state index is 10.7. The van der Waals surface area contributed by atoms with E-state index in [0.29, 0.717) is 5.56 Å². The Hall–Kier alpha value is -1.35. The second kappa shape index (κ2) is 3.58. The zero-order valence-corrected chi connectivity index (χ0v) is 7.74. The predicted octanol–water partition coefficient (Wildman–Crippen LogP) is 0.822. The van der Waals surface area contributed by atoms with Crippen LogP contribution in [0.3, 0.4) is 0 Å². The molecule has 70 valence electrons. The molecule has 0 spiro atoms. The first kappa shape index (κ1) is 9.74. The highest BCUT2D eigenvalue weighted by molar-refractivity contribution is 5.80. The molecular weight excluding hydrogens is 166 g/mol. The molecule has 0 bridgehead atoms. The molecule has 0 saturated heterocycles. The molecule has 3 N–H and O–H groups in total. The molecule has 1 amide bonds. The zero-order chi connectivity index (χ0) is 10.0. The van der Waals surface area contributed by atoms with Crippen molar-refractivity contribution in [3.63, 3.8) is 0 Å². The van der Waals surface area contributed by atoms with Crippen molar-refractivity contribution in [2.75, 3.05) is 0 Å². The number of aliphatic hydroxyl groups is 1. The average Bonchev–Trinajstić information content (AvgIpc) is 2.08. The molecule has 0 aliphatic carbocycles. The minimum atomic E-state index is -1.20. The van der Waals surface area contributed by atoms with Gasteiger partial charge in [0.2, 0.25) is 0 Å². The highest BCUT2D eigenvalue weighted by Crippen LogP contribution is 2.16. The summed E-state index contributed by atoms with van der Waals surface area (Å²) in [6.07, 6.45) is -1.20. The molecule has 0 aliphatic rings. The lowest BCUT2D eigenvalue weighted by Gasteiger charge is -2.08. The molecule has 1 atom stereocenters. The fourth-order valence-electron chi connectivity index (χ4n) is 1.10. The number of aliphatic hydroxyl groups excluding tert-OH is 1. The Labute approximate surface area is 77.2 Å². The minimum absolute atomic E-state index is 0.551. The van der Waals surface area contributed by atoms with Gasteiger partial charge in [-0.15, -0.1) is 0 Å². The number of benzene rings is 1. The molecule has 0 saturated carbocycles. The fourth-order valence-corrected chi connectivity index (χ4v) is 1.10. The zero-order valence-electron chi connectivity index (χ0n) is 7.74. The number of rotatable bonds is 2. The van der Waals surface area contributed by atoms with E-state index in [2.05, 4.69) is 0 Å². The summed E-state index contributed by atoms with van der Waals surface area (Å²) in [7, 11) is 0. The maximum atomic E-state index is 10.7. The van der Waals surface area contributed by atoms with E-state index in [-0.39, 0.29) is 0 Å². The fraction of sp³-hybridized carbons (Fsp3) is 0.300. The van der Waals surface area contributed by atoms with Gasteiger partial charge in [-0.2, -0.15) is 0 Å². The second-order valence-electron chi connectivity index (χ2n) is 3.15. The topological polar surface area (TPSA) is 63.3 Å². The molecule has 1 aromatic carbocycles. The SMILES string of the molecule is Cc1ccc(C(O)C(N)=O)cc1C. The van der Waals surface area contributed by atoms with Crippen molar-refractivity contribution in [1.29, 1.82) is 0 Å². The summed E-state index contributed by atoms with van der Waals surface area (Å²) in [5, 5.41) is 9.34. The van der Waals surface area contributed by atoms with Gasteiger partial charge >= 0.3 is 0 Å². The highest BCUT2D eigenvalue weighted by Gasteiger charge is 2.13. The maximum Gasteiger partial charge on any atom is 0.250 e. The first-order chi connectivity index (χ1) is 6.02. The van der Waals surface area contributed by atoms with E-state index in [0.717, 1.165) is 11.1 Å². The van der Waals surface area contributed by atoms with Crippen LogP contribution < -0.4 is 5.73 Å². The molecule has 1 rings (SSSR count). The van der Waals surface area contributed by atoms with Crippen molar-refractivity contribution in [1.82, 2.24) is 0 Å². The summed E-state index contributed by atoms with van der Waals surface area (Å²) in [5.41, 5.74) is 7.68. The summed E-state index contributed by atoms with van der Waals surface area (Å²) in [5.74, 6) is -0.719. The van der Waals surface area contributed by atoms with Crippen LogP contribution >= 0.6 is 0 Å². The van der Waals surface area contributed by atoms with Gasteiger partial charge in [-0.1, -0.05) is 18.2 Å². The average molecular weight is 179 g/mol. The molecular formula is C10H13NO2. The van der Waals surface area contributed by atoms with Crippen molar-refractivity contribution < 1.29 is 9.90 Å². The van der Waals surface area contributed by atoms with Crippen LogP contribution in [0.15, 0.2) is 18.2 Å². The van der Waals surface area contributed by atoms with E-state index in [4.69, 9.17) is 5.73 Å². The number of carbonyl (C=O) groups is 1. The minimum Gasteiger partial charge on any atom is -0.378 e. The molecule has 0 aliphatic heterocycles. The molecule has 3 heteroatoms. The lowest BCUT2D eigenvalue weighted by Crippen LogP contribution is -2.20. The smallest absolute Gasteiger partial charge is 0.250 e. The van der Waals surface area contributed by atoms with Crippen molar-refractivity contribution in [3.05, 3.63) is 34.9 Å². The lowest BCUT2D eigenvalue weighted by molar-refractivity contribution is -0.126. The van der Waals surface area contributed by atoms with Gasteiger partial charge in [0.1, 0.15) is 0 Å². The van der Waals surface area contributed by atoms with Gasteiger partial charge in [0.05, 0.1) is 0 Å². The summed E-state index contributed by atoms with van der Waals surface area (Å²) >= 11 is 0. The van der Waals surface area contributed by atoms with Crippen molar-refractivity contribution >= 4 is 5.91 Å². The van der Waals surface area contributed by atoms with Crippen molar-refractivity contribution in [2.24, 2.45) is 5.73 Å². The number of nitrogens with two attached hydrogens (primary N) is 1. The Morgan fingerprint density at radius 3 is 2.46 bits per heavy atom. The Morgan fingerprint density at radius 2 is 2.00 bits per heavy atom. The first-order valence-electron chi connectivity index (χ1n) is 4.07. The van der Waals surface area contributed by atoms with E-state index in [1.165, 1.54) is 0 Å². The predicted molar refractivity (Wildman–Crippen MR) is 50.1 cm³/mol. The van der Waals surface area contributed by atoms with Crippen molar-refractivity contribution in [2.45, 2.75) is 20.0 Å². The van der Waals surface area contributed by atoms with E-state index in [9.17, 15) is 9.90 Å². The number of carbonyl (C=O) groups excluding carboxylic acids is 1. The summed E-state index contributed by atoms with van der Waals surface area (Å²) in [6, 6.07) is 5.33. The molecule has 1 unspecified atom stereocenters. The van der Waals surface area contributed by atoms with Crippen LogP contribution in [0.1, 0.15) is 22.8 Å². The third kappa shape index (κ3) is 2.06. The molecule has 3 nitrogen and oxygen atoms in total. The number of hydrogen-bond donors (Lipinski definition) is 2. The van der Waals surface area contributed by atoms with Gasteiger partial charge in [-0.05, 0) is 30.5 Å². The van der Waals surface area contributed by atoms with E-state index in [1.807, 2.05) is 19.9 Å². The lowest BCUT2D eigenvalue weighted by atomic mass is 10.0. The molecule has 0 fully saturated rings. The second-order valence-corrected chi connectivity index (χ2v) is 3.15. The Balaban J connectivity index is 3.03. The van der Waals surface area contributed by atoms with Crippen LogP contribution in [0.2, 0.25) is 0 Å². The van der Waals surface area contributed by atoms with E-state index < -0.39 is 12.0 Å². The number of amides is 1. The highest BCUT2D eigenvalue weighted by atomic mass is 16.3. The number of hydrogen-bond acceptors (Lipinski definition) is 2. The van der Waals surface area contributed by atoms with Crippen LogP contribution in [0.4, 0.5) is 0 Å². The first-order valence-corrected chi connectivity index (χ1v) is 4.07. The Bertz CT molecular complexity index is 334. The van der Waals surface area contributed by atoms with Gasteiger partial charge in [-0.3, -0.25) is 4.79 Å². The largest absolute Gasteiger partial charge is 0.378 e. The molecule has 0 aromatic heterocycles. The van der Waals surface area contributed by atoms with Crippen LogP contribution in [0.5, 0.6) is 0 Å². The number of primary amides is 1. The standard InChI is InChI=1S/C10H13NO2/c1-6-3-4-8(5-7(6)2)9(12)10(11)13/h3-5,9,12H,1-2H3,(H2,11,13). The van der Waals surface area contributed by atoms with Gasteiger partial charge in [-0.25, -0.2) is 0 Å². The van der Waals surface area contributed by atoms with E-state index >= 15 is 0 Å². The van der Waals surface area contributed by atoms with Crippen LogP contribution in [-0.4, -0.2) is 11.0 Å². The van der Waals surface area contributed by atoms with E-state index in [1.54, 1.807) is 12.1 Å². The molecule has 13 heavy (non-hydrogen) atoms. The summed E-state index contributed by atoms with van der Waals surface area (Å²) in [4.78, 5) is 10.7. The van der Waals surface area contributed by atoms with Crippen LogP contribution in [-0.2, 0) is 4.79 Å². The number of aryl methyl sites for hydroxylation is 2.